The van der Waals surface area contributed by atoms with Crippen LogP contribution < -0.4 is 5.32 Å². The van der Waals surface area contributed by atoms with Crippen LogP contribution in [0.3, 0.4) is 0 Å². The summed E-state index contributed by atoms with van der Waals surface area (Å²) in [4.78, 5) is 7.40. The normalized spacial score (nSPS) is 11.6. The number of alkyl halides is 3. The summed E-state index contributed by atoms with van der Waals surface area (Å²) in [5, 5.41) is 9.83. The van der Waals surface area contributed by atoms with E-state index in [-0.39, 0.29) is 5.82 Å². The van der Waals surface area contributed by atoms with Gasteiger partial charge in [-0.1, -0.05) is 10.3 Å². The first kappa shape index (κ1) is 14.0. The van der Waals surface area contributed by atoms with Crippen LogP contribution in [0.1, 0.15) is 11.6 Å². The van der Waals surface area contributed by atoms with Gasteiger partial charge in [-0.05, 0) is 12.1 Å². The lowest BCUT2D eigenvalue weighted by Gasteiger charge is -2.02. The summed E-state index contributed by atoms with van der Waals surface area (Å²) in [6, 6.07) is 3.20. The minimum absolute atomic E-state index is 0.168. The molecule has 1 N–H and O–H groups in total. The molecule has 3 heterocycles. The first-order valence-corrected chi connectivity index (χ1v) is 6.02. The summed E-state index contributed by atoms with van der Waals surface area (Å²) >= 11 is 0. The van der Waals surface area contributed by atoms with Crippen molar-refractivity contribution in [3.05, 3.63) is 42.4 Å². The van der Waals surface area contributed by atoms with E-state index in [9.17, 15) is 13.2 Å². The van der Waals surface area contributed by atoms with Crippen molar-refractivity contribution in [2.75, 3.05) is 5.32 Å². The molecule has 0 unspecified atom stereocenters. The smallest absolute Gasteiger partial charge is 0.375 e. The van der Waals surface area contributed by atoms with Gasteiger partial charge in [-0.25, -0.2) is 0 Å². The SMILES string of the molecule is FC(F)(F)c1nc(-c2ccc(CNc3cnoc3)nc2)no1. The molecule has 22 heavy (non-hydrogen) atoms. The van der Waals surface area contributed by atoms with Crippen LogP contribution in [0.2, 0.25) is 0 Å². The Kier molecular flexibility index (Phi) is 3.49. The molecule has 0 aromatic carbocycles. The molecule has 3 rings (SSSR count). The van der Waals surface area contributed by atoms with E-state index in [0.717, 1.165) is 0 Å². The summed E-state index contributed by atoms with van der Waals surface area (Å²) in [5.41, 5.74) is 1.69. The van der Waals surface area contributed by atoms with Crippen LogP contribution in [0.5, 0.6) is 0 Å². The molecule has 7 nitrogen and oxygen atoms in total. The van der Waals surface area contributed by atoms with E-state index in [4.69, 9.17) is 0 Å². The maximum atomic E-state index is 12.4. The molecule has 0 aliphatic heterocycles. The molecule has 10 heteroatoms. The molecular weight excluding hydrogens is 303 g/mol. The van der Waals surface area contributed by atoms with Gasteiger partial charge in [-0.15, -0.1) is 0 Å². The van der Waals surface area contributed by atoms with Gasteiger partial charge in [0.1, 0.15) is 6.26 Å². The number of hydrogen-bond acceptors (Lipinski definition) is 7. The number of halogens is 3. The van der Waals surface area contributed by atoms with Gasteiger partial charge in [-0.3, -0.25) is 4.98 Å². The van der Waals surface area contributed by atoms with Gasteiger partial charge in [-0.2, -0.15) is 18.2 Å². The number of nitrogens with zero attached hydrogens (tertiary/aromatic N) is 4. The Labute approximate surface area is 121 Å². The van der Waals surface area contributed by atoms with Gasteiger partial charge in [0.25, 0.3) is 0 Å². The number of nitrogens with one attached hydrogen (secondary N) is 1. The second-order valence-electron chi connectivity index (χ2n) is 4.23. The lowest BCUT2D eigenvalue weighted by Crippen LogP contribution is -2.05. The second-order valence-corrected chi connectivity index (χ2v) is 4.23. The minimum Gasteiger partial charge on any atom is -0.375 e. The maximum Gasteiger partial charge on any atom is 0.471 e. The fourth-order valence-corrected chi connectivity index (χ4v) is 1.60. The zero-order valence-electron chi connectivity index (χ0n) is 10.8. The van der Waals surface area contributed by atoms with Gasteiger partial charge in [0, 0.05) is 11.8 Å². The van der Waals surface area contributed by atoms with E-state index >= 15 is 0 Å². The molecule has 3 aromatic heterocycles. The number of anilines is 1. The third-order valence-corrected chi connectivity index (χ3v) is 2.66. The van der Waals surface area contributed by atoms with Crippen molar-refractivity contribution in [2.45, 2.75) is 12.7 Å². The first-order valence-electron chi connectivity index (χ1n) is 6.02. The van der Waals surface area contributed by atoms with Gasteiger partial charge in [0.15, 0.2) is 0 Å². The fourth-order valence-electron chi connectivity index (χ4n) is 1.60. The largest absolute Gasteiger partial charge is 0.471 e. The van der Waals surface area contributed by atoms with E-state index in [1.165, 1.54) is 18.7 Å². The highest BCUT2D eigenvalue weighted by Gasteiger charge is 2.38. The summed E-state index contributed by atoms with van der Waals surface area (Å²) in [6.07, 6.45) is -0.352. The van der Waals surface area contributed by atoms with Crippen LogP contribution in [0, 0.1) is 0 Å². The van der Waals surface area contributed by atoms with Crippen LogP contribution in [-0.2, 0) is 12.7 Å². The third-order valence-electron chi connectivity index (χ3n) is 2.66. The zero-order chi connectivity index (χ0) is 15.6. The van der Waals surface area contributed by atoms with E-state index in [0.29, 0.717) is 23.5 Å². The monoisotopic (exact) mass is 311 g/mol. The molecule has 0 bridgehead atoms. The summed E-state index contributed by atoms with van der Waals surface area (Å²) < 4.78 is 46.0. The summed E-state index contributed by atoms with van der Waals surface area (Å²) in [5.74, 6) is -1.56. The zero-order valence-corrected chi connectivity index (χ0v) is 10.8. The Morgan fingerprint density at radius 1 is 1.18 bits per heavy atom. The van der Waals surface area contributed by atoms with Crippen molar-refractivity contribution in [1.29, 1.82) is 0 Å². The molecule has 0 spiro atoms. The lowest BCUT2D eigenvalue weighted by atomic mass is 10.2. The molecule has 0 atom stereocenters. The van der Waals surface area contributed by atoms with Crippen LogP contribution in [0.4, 0.5) is 18.9 Å². The Hall–Kier alpha value is -2.91. The lowest BCUT2D eigenvalue weighted by molar-refractivity contribution is -0.159. The van der Waals surface area contributed by atoms with Crippen molar-refractivity contribution < 1.29 is 22.2 Å². The molecule has 0 fully saturated rings. The highest BCUT2D eigenvalue weighted by Crippen LogP contribution is 2.29. The minimum atomic E-state index is -4.67. The summed E-state index contributed by atoms with van der Waals surface area (Å²) in [6.45, 7) is 0.404. The predicted molar refractivity (Wildman–Crippen MR) is 66.4 cm³/mol. The number of pyridine rings is 1. The second kappa shape index (κ2) is 5.47. The topological polar surface area (TPSA) is 89.9 Å². The van der Waals surface area contributed by atoms with E-state index in [2.05, 4.69) is 34.6 Å². The Bertz CT molecular complexity index is 737. The molecule has 114 valence electrons. The molecule has 0 aliphatic rings. The van der Waals surface area contributed by atoms with E-state index < -0.39 is 12.1 Å². The van der Waals surface area contributed by atoms with Crippen LogP contribution in [0.15, 0.2) is 39.8 Å². The van der Waals surface area contributed by atoms with Gasteiger partial charge < -0.3 is 14.4 Å². The van der Waals surface area contributed by atoms with Crippen molar-refractivity contribution in [3.8, 4) is 11.4 Å². The van der Waals surface area contributed by atoms with Crippen molar-refractivity contribution in [1.82, 2.24) is 20.3 Å². The van der Waals surface area contributed by atoms with Crippen molar-refractivity contribution in [3.63, 3.8) is 0 Å². The summed E-state index contributed by atoms with van der Waals surface area (Å²) in [7, 11) is 0. The Balaban J connectivity index is 1.70. The fraction of sp³-hybridized carbons (Fsp3) is 0.167. The average Bonchev–Trinajstić information content (AvgIpc) is 3.16. The third kappa shape index (κ3) is 3.05. The maximum absolute atomic E-state index is 12.4. The quantitative estimate of drug-likeness (QED) is 0.792. The standard InChI is InChI=1S/C12H8F3N5O2/c13-12(14,15)11-19-10(20-22-11)7-1-2-8(16-3-7)4-17-9-5-18-21-6-9/h1-3,5-6,17H,4H2. The Morgan fingerprint density at radius 3 is 2.64 bits per heavy atom. The highest BCUT2D eigenvalue weighted by molar-refractivity contribution is 5.52. The van der Waals surface area contributed by atoms with Crippen molar-refractivity contribution >= 4 is 5.69 Å². The van der Waals surface area contributed by atoms with Crippen molar-refractivity contribution in [2.24, 2.45) is 0 Å². The molecule has 0 saturated carbocycles. The molecule has 0 saturated heterocycles. The molecule has 0 aliphatic carbocycles. The average molecular weight is 311 g/mol. The molecule has 0 radical (unpaired) electrons. The van der Waals surface area contributed by atoms with Crippen LogP contribution in [-0.4, -0.2) is 20.3 Å². The van der Waals surface area contributed by atoms with Crippen LogP contribution in [0.25, 0.3) is 11.4 Å². The molecular formula is C12H8F3N5O2. The number of aromatic nitrogens is 4. The van der Waals surface area contributed by atoms with Gasteiger partial charge >= 0.3 is 12.1 Å². The molecule has 3 aromatic rings. The number of rotatable bonds is 4. The first-order chi connectivity index (χ1) is 10.5. The van der Waals surface area contributed by atoms with E-state index in [1.807, 2.05) is 0 Å². The van der Waals surface area contributed by atoms with Gasteiger partial charge in [0.2, 0.25) is 5.82 Å². The predicted octanol–water partition coefficient (Wildman–Crippen LogP) is 2.75. The van der Waals surface area contributed by atoms with Gasteiger partial charge in [0.05, 0.1) is 24.1 Å². The highest BCUT2D eigenvalue weighted by atomic mass is 19.4. The van der Waals surface area contributed by atoms with E-state index in [1.54, 1.807) is 12.1 Å². The van der Waals surface area contributed by atoms with Crippen LogP contribution >= 0.6 is 0 Å². The molecule has 0 amide bonds. The number of hydrogen-bond donors (Lipinski definition) is 1. The Morgan fingerprint density at radius 2 is 2.05 bits per heavy atom.